The van der Waals surface area contributed by atoms with Crippen molar-refractivity contribution in [1.82, 2.24) is 10.2 Å². The van der Waals surface area contributed by atoms with E-state index in [2.05, 4.69) is 5.32 Å². The van der Waals surface area contributed by atoms with Gasteiger partial charge in [-0.25, -0.2) is 8.42 Å². The lowest BCUT2D eigenvalue weighted by Crippen LogP contribution is -2.54. The van der Waals surface area contributed by atoms with Crippen molar-refractivity contribution >= 4 is 50.7 Å². The second kappa shape index (κ2) is 14.0. The Morgan fingerprint density at radius 2 is 1.62 bits per heavy atom. The third kappa shape index (κ3) is 8.46. The number of nitrogens with one attached hydrogen (secondary N) is 1. The molecule has 2 atom stereocenters. The van der Waals surface area contributed by atoms with Gasteiger partial charge in [-0.15, -0.1) is 0 Å². The molecule has 1 N–H and O–H groups in total. The molecule has 0 aliphatic carbocycles. The first-order valence-electron chi connectivity index (χ1n) is 13.0. The number of aryl methyl sites for hydroxylation is 1. The van der Waals surface area contributed by atoms with E-state index >= 15 is 0 Å². The Morgan fingerprint density at radius 3 is 2.25 bits per heavy atom. The molecule has 0 aliphatic rings. The van der Waals surface area contributed by atoms with Gasteiger partial charge in [0.1, 0.15) is 12.6 Å². The zero-order valence-electron chi connectivity index (χ0n) is 23.1. The summed E-state index contributed by atoms with van der Waals surface area (Å²) in [7, 11) is -3.95. The molecule has 3 aromatic rings. The second-order valence-electron chi connectivity index (χ2n) is 9.84. The first-order valence-corrected chi connectivity index (χ1v) is 15.6. The normalized spacial score (nSPS) is 12.8. The minimum Gasteiger partial charge on any atom is -0.352 e. The molecule has 214 valence electrons. The number of amides is 2. The molecular formula is C30H35Cl2N3O4S. The summed E-state index contributed by atoms with van der Waals surface area (Å²) in [6.07, 6.45) is 1.96. The number of nitrogens with zero attached hydrogens (tertiary/aromatic N) is 2. The Hall–Kier alpha value is -3.07. The standard InChI is InChI=1S/C30H35Cl2N3O4S/c1-5-22(3)33-30(37)28(17-23-12-7-6-8-13-23)34(19-24-14-10-9-11-21(24)2)29(36)20-35(40(4,38)39)27-18-25(31)15-16-26(27)32/h6-16,18,22,28H,5,17,19-20H2,1-4H3,(H,33,37)/t22-,28+/m0/s1. The minimum absolute atomic E-state index is 0.0875. The van der Waals surface area contributed by atoms with E-state index in [0.29, 0.717) is 6.42 Å². The molecule has 0 spiro atoms. The van der Waals surface area contributed by atoms with Crippen LogP contribution in [0.2, 0.25) is 10.0 Å². The van der Waals surface area contributed by atoms with Crippen LogP contribution in [-0.2, 0) is 32.6 Å². The number of anilines is 1. The van der Waals surface area contributed by atoms with Gasteiger partial charge < -0.3 is 10.2 Å². The fourth-order valence-electron chi connectivity index (χ4n) is 4.24. The van der Waals surface area contributed by atoms with Gasteiger partial charge in [0.15, 0.2) is 0 Å². The lowest BCUT2D eigenvalue weighted by molar-refractivity contribution is -0.140. The van der Waals surface area contributed by atoms with Crippen molar-refractivity contribution in [2.24, 2.45) is 0 Å². The van der Waals surface area contributed by atoms with Crippen LogP contribution in [-0.4, -0.2) is 50.0 Å². The van der Waals surface area contributed by atoms with E-state index in [1.807, 2.05) is 75.4 Å². The van der Waals surface area contributed by atoms with E-state index in [1.54, 1.807) is 0 Å². The zero-order valence-corrected chi connectivity index (χ0v) is 25.4. The molecule has 3 aromatic carbocycles. The molecule has 0 bridgehead atoms. The number of carbonyl (C=O) groups excluding carboxylic acids is 2. The van der Waals surface area contributed by atoms with Crippen molar-refractivity contribution in [2.45, 2.75) is 52.2 Å². The van der Waals surface area contributed by atoms with Crippen LogP contribution in [0.4, 0.5) is 5.69 Å². The van der Waals surface area contributed by atoms with Crippen molar-refractivity contribution in [2.75, 3.05) is 17.1 Å². The quantitative estimate of drug-likeness (QED) is 0.291. The van der Waals surface area contributed by atoms with Crippen molar-refractivity contribution in [1.29, 1.82) is 0 Å². The first kappa shape index (κ1) is 31.5. The van der Waals surface area contributed by atoms with E-state index in [9.17, 15) is 18.0 Å². The van der Waals surface area contributed by atoms with E-state index < -0.39 is 28.5 Å². The van der Waals surface area contributed by atoms with Gasteiger partial charge in [-0.3, -0.25) is 13.9 Å². The zero-order chi connectivity index (χ0) is 29.4. The fraction of sp³-hybridized carbons (Fsp3) is 0.333. The number of rotatable bonds is 12. The summed E-state index contributed by atoms with van der Waals surface area (Å²) in [5.41, 5.74) is 2.74. The van der Waals surface area contributed by atoms with Gasteiger partial charge >= 0.3 is 0 Å². The molecule has 0 aromatic heterocycles. The summed E-state index contributed by atoms with van der Waals surface area (Å²) >= 11 is 12.5. The molecule has 0 unspecified atom stereocenters. The van der Waals surface area contributed by atoms with Crippen LogP contribution < -0.4 is 9.62 Å². The van der Waals surface area contributed by atoms with Crippen LogP contribution >= 0.6 is 23.2 Å². The van der Waals surface area contributed by atoms with Gasteiger partial charge in [0.25, 0.3) is 0 Å². The monoisotopic (exact) mass is 603 g/mol. The summed E-state index contributed by atoms with van der Waals surface area (Å²) in [5.74, 6) is -0.864. The minimum atomic E-state index is -3.95. The van der Waals surface area contributed by atoms with E-state index in [0.717, 1.165) is 27.3 Å². The summed E-state index contributed by atoms with van der Waals surface area (Å²) in [6.45, 7) is 5.34. The van der Waals surface area contributed by atoms with Crippen LogP contribution in [0.15, 0.2) is 72.8 Å². The Morgan fingerprint density at radius 1 is 0.975 bits per heavy atom. The summed E-state index contributed by atoms with van der Waals surface area (Å²) < 4.78 is 26.8. The number of carbonyl (C=O) groups is 2. The van der Waals surface area contributed by atoms with Crippen LogP contribution in [0.3, 0.4) is 0 Å². The topological polar surface area (TPSA) is 86.8 Å². The number of hydrogen-bond acceptors (Lipinski definition) is 4. The smallest absolute Gasteiger partial charge is 0.244 e. The average Bonchev–Trinajstić information content (AvgIpc) is 2.91. The van der Waals surface area contributed by atoms with Gasteiger partial charge in [-0.05, 0) is 55.2 Å². The van der Waals surface area contributed by atoms with Gasteiger partial charge in [0.2, 0.25) is 21.8 Å². The average molecular weight is 605 g/mol. The molecular weight excluding hydrogens is 569 g/mol. The molecule has 2 amide bonds. The molecule has 7 nitrogen and oxygen atoms in total. The second-order valence-corrected chi connectivity index (χ2v) is 12.6. The summed E-state index contributed by atoms with van der Waals surface area (Å²) in [4.78, 5) is 29.3. The molecule has 10 heteroatoms. The predicted octanol–water partition coefficient (Wildman–Crippen LogP) is 5.62. The Bertz CT molecular complexity index is 1430. The fourth-order valence-corrected chi connectivity index (χ4v) is 5.53. The summed E-state index contributed by atoms with van der Waals surface area (Å²) in [5, 5.41) is 3.41. The van der Waals surface area contributed by atoms with Crippen molar-refractivity contribution < 1.29 is 18.0 Å². The summed E-state index contributed by atoms with van der Waals surface area (Å²) in [6, 6.07) is 20.4. The van der Waals surface area contributed by atoms with Gasteiger partial charge in [-0.2, -0.15) is 0 Å². The molecule has 0 heterocycles. The SMILES string of the molecule is CC[C@H](C)NC(=O)[C@@H](Cc1ccccc1)N(Cc1ccccc1C)C(=O)CN(c1cc(Cl)ccc1Cl)S(C)(=O)=O. The Balaban J connectivity index is 2.10. The van der Waals surface area contributed by atoms with Crippen molar-refractivity contribution in [3.63, 3.8) is 0 Å². The van der Waals surface area contributed by atoms with Crippen LogP contribution in [0.5, 0.6) is 0 Å². The highest BCUT2D eigenvalue weighted by molar-refractivity contribution is 7.92. The Kier molecular flexibility index (Phi) is 11.0. The third-order valence-electron chi connectivity index (χ3n) is 6.73. The maximum absolute atomic E-state index is 14.1. The molecule has 40 heavy (non-hydrogen) atoms. The molecule has 0 fully saturated rings. The van der Waals surface area contributed by atoms with Crippen LogP contribution in [0.25, 0.3) is 0 Å². The number of hydrogen-bond donors (Lipinski definition) is 1. The maximum Gasteiger partial charge on any atom is 0.244 e. The maximum atomic E-state index is 14.1. The van der Waals surface area contributed by atoms with Crippen molar-refractivity contribution in [3.05, 3.63) is 99.5 Å². The third-order valence-corrected chi connectivity index (χ3v) is 8.41. The number of halogens is 2. The van der Waals surface area contributed by atoms with Gasteiger partial charge in [0, 0.05) is 24.0 Å². The number of benzene rings is 3. The van der Waals surface area contributed by atoms with E-state index in [-0.39, 0.29) is 40.6 Å². The highest BCUT2D eigenvalue weighted by Gasteiger charge is 2.34. The van der Waals surface area contributed by atoms with Crippen LogP contribution in [0, 0.1) is 6.92 Å². The van der Waals surface area contributed by atoms with Gasteiger partial charge in [0.05, 0.1) is 17.0 Å². The van der Waals surface area contributed by atoms with Crippen molar-refractivity contribution in [3.8, 4) is 0 Å². The molecule has 0 radical (unpaired) electrons. The van der Waals surface area contributed by atoms with Gasteiger partial charge in [-0.1, -0.05) is 84.7 Å². The predicted molar refractivity (Wildman–Crippen MR) is 162 cm³/mol. The highest BCUT2D eigenvalue weighted by atomic mass is 35.5. The van der Waals surface area contributed by atoms with E-state index in [1.165, 1.54) is 23.1 Å². The lowest BCUT2D eigenvalue weighted by Gasteiger charge is -2.34. The number of sulfonamides is 1. The largest absolute Gasteiger partial charge is 0.352 e. The first-order chi connectivity index (χ1) is 18.9. The lowest BCUT2D eigenvalue weighted by atomic mass is 10.0. The molecule has 0 saturated carbocycles. The van der Waals surface area contributed by atoms with Crippen LogP contribution in [0.1, 0.15) is 37.0 Å². The Labute approximate surface area is 247 Å². The highest BCUT2D eigenvalue weighted by Crippen LogP contribution is 2.31. The molecule has 3 rings (SSSR count). The van der Waals surface area contributed by atoms with E-state index in [4.69, 9.17) is 23.2 Å². The molecule has 0 aliphatic heterocycles. The molecule has 0 saturated heterocycles.